The van der Waals surface area contributed by atoms with Gasteiger partial charge in [0.1, 0.15) is 5.69 Å². The van der Waals surface area contributed by atoms with Gasteiger partial charge in [0.05, 0.1) is 16.7 Å². The zero-order valence-corrected chi connectivity index (χ0v) is 9.60. The number of hydrogen-bond donors (Lipinski definition) is 2. The second kappa shape index (κ2) is 3.07. The van der Waals surface area contributed by atoms with Crippen LogP contribution in [0.15, 0.2) is 12.1 Å². The molecule has 0 amide bonds. The van der Waals surface area contributed by atoms with Gasteiger partial charge in [-0.25, -0.2) is 15.0 Å². The van der Waals surface area contributed by atoms with Gasteiger partial charge < -0.3 is 16.0 Å². The quantitative estimate of drug-likeness (QED) is 0.597. The molecule has 0 saturated heterocycles. The number of aryl methyl sites for hydroxylation is 2. The maximum atomic E-state index is 5.83. The highest BCUT2D eigenvalue weighted by Crippen LogP contribution is 2.30. The molecule has 6 heteroatoms. The molecular formula is C11H12N6. The van der Waals surface area contributed by atoms with Crippen LogP contribution in [0.5, 0.6) is 0 Å². The van der Waals surface area contributed by atoms with E-state index < -0.39 is 0 Å². The van der Waals surface area contributed by atoms with Gasteiger partial charge in [-0.05, 0) is 18.6 Å². The summed E-state index contributed by atoms with van der Waals surface area (Å²) in [5.41, 5.74) is 15.7. The Kier molecular flexibility index (Phi) is 1.77. The number of aromatic nitrogens is 4. The largest absolute Gasteiger partial charge is 0.369 e. The van der Waals surface area contributed by atoms with Gasteiger partial charge in [-0.3, -0.25) is 0 Å². The van der Waals surface area contributed by atoms with Crippen LogP contribution >= 0.6 is 0 Å². The van der Waals surface area contributed by atoms with Gasteiger partial charge in [-0.2, -0.15) is 0 Å². The van der Waals surface area contributed by atoms with Crippen LogP contribution in [0.1, 0.15) is 5.56 Å². The Morgan fingerprint density at radius 3 is 2.65 bits per heavy atom. The maximum Gasteiger partial charge on any atom is 0.221 e. The molecule has 0 saturated carbocycles. The molecule has 1 aromatic heterocycles. The molecule has 0 bridgehead atoms. The standard InChI is InChI=1S/C11H12N6/c1-5-3-4-6-8(15-10(12)14-6)9-7(5)16-11(13)17(9)2/h3-4H,1-2H3,(H2,13,16)(H2,12,14,15). The lowest BCUT2D eigenvalue weighted by Crippen LogP contribution is -1.97. The number of nitrogen functional groups attached to an aromatic ring is 2. The average Bonchev–Trinajstić information content (AvgIpc) is 2.74. The first-order valence-electron chi connectivity index (χ1n) is 5.22. The van der Waals surface area contributed by atoms with Crippen LogP contribution < -0.4 is 11.5 Å². The lowest BCUT2D eigenvalue weighted by atomic mass is 10.2. The van der Waals surface area contributed by atoms with E-state index in [9.17, 15) is 0 Å². The molecule has 0 aromatic carbocycles. The molecule has 86 valence electrons. The predicted octanol–water partition coefficient (Wildman–Crippen LogP) is 0.941. The van der Waals surface area contributed by atoms with Gasteiger partial charge in [-0.15, -0.1) is 0 Å². The SMILES string of the molecule is Cc1ccc2nc(N)nc-2c2c1nc(N)n2C. The van der Waals surface area contributed by atoms with Crippen molar-refractivity contribution in [2.75, 3.05) is 11.5 Å². The highest BCUT2D eigenvalue weighted by molar-refractivity contribution is 5.93. The fourth-order valence-electron chi connectivity index (χ4n) is 2.01. The molecule has 3 rings (SSSR count). The summed E-state index contributed by atoms with van der Waals surface area (Å²) in [6.07, 6.45) is 0. The minimum absolute atomic E-state index is 0.268. The normalized spacial score (nSPS) is 11.4. The molecular weight excluding hydrogens is 216 g/mol. The number of nitrogens with two attached hydrogens (primary N) is 2. The third kappa shape index (κ3) is 1.24. The van der Waals surface area contributed by atoms with Crippen molar-refractivity contribution in [2.45, 2.75) is 6.92 Å². The molecule has 0 radical (unpaired) electrons. The maximum absolute atomic E-state index is 5.83. The monoisotopic (exact) mass is 228 g/mol. The zero-order chi connectivity index (χ0) is 12.2. The molecule has 0 spiro atoms. The fraction of sp³-hybridized carbons (Fsp3) is 0.182. The van der Waals surface area contributed by atoms with Crippen molar-refractivity contribution in [1.82, 2.24) is 19.5 Å². The van der Waals surface area contributed by atoms with Crippen molar-refractivity contribution in [2.24, 2.45) is 7.05 Å². The van der Waals surface area contributed by atoms with E-state index in [0.29, 0.717) is 5.95 Å². The summed E-state index contributed by atoms with van der Waals surface area (Å²) >= 11 is 0. The average molecular weight is 228 g/mol. The van der Waals surface area contributed by atoms with E-state index in [1.54, 1.807) is 4.57 Å². The molecule has 6 nitrogen and oxygen atoms in total. The summed E-state index contributed by atoms with van der Waals surface area (Å²) in [5, 5.41) is 0. The molecule has 17 heavy (non-hydrogen) atoms. The van der Waals surface area contributed by atoms with Gasteiger partial charge >= 0.3 is 0 Å². The lowest BCUT2D eigenvalue weighted by Gasteiger charge is -1.96. The van der Waals surface area contributed by atoms with E-state index in [2.05, 4.69) is 15.0 Å². The number of anilines is 2. The van der Waals surface area contributed by atoms with Crippen LogP contribution in [0.2, 0.25) is 0 Å². The molecule has 0 fully saturated rings. The summed E-state index contributed by atoms with van der Waals surface area (Å²) in [6, 6.07) is 3.84. The number of rotatable bonds is 0. The summed E-state index contributed by atoms with van der Waals surface area (Å²) in [4.78, 5) is 12.8. The Balaban J connectivity index is 2.60. The van der Waals surface area contributed by atoms with Crippen molar-refractivity contribution < 1.29 is 0 Å². The Morgan fingerprint density at radius 2 is 1.88 bits per heavy atom. The highest BCUT2D eigenvalue weighted by atomic mass is 15.2. The number of imidazole rings is 2. The number of fused-ring (bicyclic) bond motifs is 3. The summed E-state index contributed by atoms with van der Waals surface area (Å²) in [5.74, 6) is 0.724. The Bertz CT molecular complexity index is 699. The van der Waals surface area contributed by atoms with Crippen LogP contribution in [0.3, 0.4) is 0 Å². The van der Waals surface area contributed by atoms with Crippen LogP contribution in [-0.2, 0) is 7.05 Å². The Hall–Kier alpha value is -2.37. The minimum atomic E-state index is 0.268. The molecule has 0 unspecified atom stereocenters. The summed E-state index contributed by atoms with van der Waals surface area (Å²) < 4.78 is 1.80. The lowest BCUT2D eigenvalue weighted by molar-refractivity contribution is 0.964. The van der Waals surface area contributed by atoms with Crippen molar-refractivity contribution in [1.29, 1.82) is 0 Å². The van der Waals surface area contributed by atoms with Crippen molar-refractivity contribution >= 4 is 22.9 Å². The highest BCUT2D eigenvalue weighted by Gasteiger charge is 2.17. The Labute approximate surface area is 97.6 Å². The van der Waals surface area contributed by atoms with Crippen LogP contribution in [-0.4, -0.2) is 19.5 Å². The summed E-state index contributed by atoms with van der Waals surface area (Å²) in [7, 11) is 1.86. The molecule has 1 aliphatic heterocycles. The third-order valence-corrected chi connectivity index (χ3v) is 2.92. The van der Waals surface area contributed by atoms with E-state index in [4.69, 9.17) is 11.5 Å². The minimum Gasteiger partial charge on any atom is -0.369 e. The first kappa shape index (κ1) is 9.83. The van der Waals surface area contributed by atoms with E-state index in [1.807, 2.05) is 26.1 Å². The van der Waals surface area contributed by atoms with Gasteiger partial charge in [0, 0.05) is 7.05 Å². The topological polar surface area (TPSA) is 95.6 Å². The van der Waals surface area contributed by atoms with E-state index >= 15 is 0 Å². The van der Waals surface area contributed by atoms with Gasteiger partial charge in [0.25, 0.3) is 0 Å². The molecule has 0 atom stereocenters. The molecule has 1 aromatic rings. The smallest absolute Gasteiger partial charge is 0.221 e. The van der Waals surface area contributed by atoms with Crippen LogP contribution in [0.4, 0.5) is 11.9 Å². The van der Waals surface area contributed by atoms with E-state index in [1.165, 1.54) is 0 Å². The number of hydrogen-bond acceptors (Lipinski definition) is 5. The van der Waals surface area contributed by atoms with Crippen molar-refractivity contribution in [3.63, 3.8) is 0 Å². The van der Waals surface area contributed by atoms with Crippen LogP contribution in [0, 0.1) is 6.92 Å². The molecule has 2 heterocycles. The zero-order valence-electron chi connectivity index (χ0n) is 9.60. The molecule has 2 aliphatic rings. The van der Waals surface area contributed by atoms with Crippen molar-refractivity contribution in [3.8, 4) is 11.4 Å². The second-order valence-electron chi connectivity index (χ2n) is 4.06. The first-order valence-corrected chi connectivity index (χ1v) is 5.22. The first-order chi connectivity index (χ1) is 8.08. The van der Waals surface area contributed by atoms with E-state index in [0.717, 1.165) is 28.0 Å². The summed E-state index contributed by atoms with van der Waals surface area (Å²) in [6.45, 7) is 1.98. The third-order valence-electron chi connectivity index (χ3n) is 2.92. The number of nitrogens with zero attached hydrogens (tertiary/aromatic N) is 4. The Morgan fingerprint density at radius 1 is 1.12 bits per heavy atom. The van der Waals surface area contributed by atoms with Gasteiger partial charge in [0.15, 0.2) is 0 Å². The second-order valence-corrected chi connectivity index (χ2v) is 4.06. The molecule has 4 N–H and O–H groups in total. The fourth-order valence-corrected chi connectivity index (χ4v) is 2.01. The predicted molar refractivity (Wildman–Crippen MR) is 66.5 cm³/mol. The van der Waals surface area contributed by atoms with Gasteiger partial charge in [-0.1, -0.05) is 6.07 Å². The van der Waals surface area contributed by atoms with Crippen LogP contribution in [0.25, 0.3) is 22.4 Å². The van der Waals surface area contributed by atoms with E-state index in [-0.39, 0.29) is 5.95 Å². The van der Waals surface area contributed by atoms with Gasteiger partial charge in [0.2, 0.25) is 11.9 Å². The molecule has 1 aliphatic carbocycles. The van der Waals surface area contributed by atoms with Crippen molar-refractivity contribution in [3.05, 3.63) is 17.7 Å².